The van der Waals surface area contributed by atoms with Crippen LogP contribution in [0, 0.1) is 0 Å². The van der Waals surface area contributed by atoms with E-state index in [0.29, 0.717) is 18.8 Å². The lowest BCUT2D eigenvalue weighted by Crippen LogP contribution is -2.46. The van der Waals surface area contributed by atoms with Gasteiger partial charge in [-0.25, -0.2) is 16.8 Å². The van der Waals surface area contributed by atoms with Crippen LogP contribution < -0.4 is 10.2 Å². The topological polar surface area (TPSA) is 110 Å². The highest BCUT2D eigenvalue weighted by Crippen LogP contribution is 2.31. The van der Waals surface area contributed by atoms with E-state index in [-0.39, 0.29) is 11.4 Å². The molecular formula is C20H35N5O5S2. The second-order valence-electron chi connectivity index (χ2n) is 7.76. The molecule has 1 fully saturated rings. The third kappa shape index (κ3) is 6.41. The smallest absolute Gasteiger partial charge is 0.243 e. The molecule has 0 unspecified atom stereocenters. The number of sulfonamides is 2. The maximum absolute atomic E-state index is 13.0. The summed E-state index contributed by atoms with van der Waals surface area (Å²) in [4.78, 5) is 17.1. The van der Waals surface area contributed by atoms with E-state index in [0.717, 1.165) is 49.0 Å². The van der Waals surface area contributed by atoms with Gasteiger partial charge in [0, 0.05) is 46.3 Å². The van der Waals surface area contributed by atoms with E-state index >= 15 is 0 Å². The Bertz CT molecular complexity index is 1000. The van der Waals surface area contributed by atoms with E-state index in [1.807, 2.05) is 0 Å². The summed E-state index contributed by atoms with van der Waals surface area (Å²) in [6.07, 6.45) is 1.02. The van der Waals surface area contributed by atoms with E-state index in [4.69, 9.17) is 0 Å². The summed E-state index contributed by atoms with van der Waals surface area (Å²) in [5.41, 5.74) is 1.07. The molecule has 182 valence electrons. The molecule has 0 atom stereocenters. The summed E-state index contributed by atoms with van der Waals surface area (Å²) in [6, 6.07) is 4.74. The van der Waals surface area contributed by atoms with Gasteiger partial charge >= 0.3 is 0 Å². The molecule has 10 nitrogen and oxygen atoms in total. The fourth-order valence-corrected chi connectivity index (χ4v) is 5.41. The van der Waals surface area contributed by atoms with Crippen molar-refractivity contribution in [2.45, 2.75) is 25.7 Å². The molecule has 1 N–H and O–H groups in total. The summed E-state index contributed by atoms with van der Waals surface area (Å²) >= 11 is 0. The zero-order chi connectivity index (χ0) is 24.1. The van der Waals surface area contributed by atoms with Gasteiger partial charge in [0.15, 0.2) is 0 Å². The second-order valence-corrected chi connectivity index (χ2v) is 11.8. The number of likely N-dealkylation sites (N-methyl/N-ethyl adjacent to an activating group) is 2. The fraction of sp³-hybridized carbons (Fsp3) is 0.650. The zero-order valence-electron chi connectivity index (χ0n) is 19.5. The lowest BCUT2D eigenvalue weighted by molar-refractivity contribution is -0.116. The quantitative estimate of drug-likeness (QED) is 0.515. The van der Waals surface area contributed by atoms with Crippen LogP contribution >= 0.6 is 0 Å². The van der Waals surface area contributed by atoms with Crippen LogP contribution in [-0.4, -0.2) is 102 Å². The minimum absolute atomic E-state index is 0.0870. The van der Waals surface area contributed by atoms with Gasteiger partial charge in [-0.05, 0) is 24.7 Å². The number of rotatable bonds is 10. The van der Waals surface area contributed by atoms with Gasteiger partial charge in [0.05, 0.1) is 29.1 Å². The van der Waals surface area contributed by atoms with Gasteiger partial charge in [-0.15, -0.1) is 0 Å². The molecule has 0 bridgehead atoms. The first-order valence-electron chi connectivity index (χ1n) is 10.8. The van der Waals surface area contributed by atoms with Crippen LogP contribution in [-0.2, 0) is 24.8 Å². The highest BCUT2D eigenvalue weighted by Gasteiger charge is 2.26. The third-order valence-electron chi connectivity index (χ3n) is 5.68. The minimum atomic E-state index is -3.72. The van der Waals surface area contributed by atoms with Crippen molar-refractivity contribution in [3.63, 3.8) is 0 Å². The number of amides is 1. The maximum atomic E-state index is 13.0. The largest absolute Gasteiger partial charge is 0.367 e. The van der Waals surface area contributed by atoms with Crippen molar-refractivity contribution >= 4 is 37.3 Å². The van der Waals surface area contributed by atoms with Crippen molar-refractivity contribution in [3.8, 4) is 0 Å². The summed E-state index contributed by atoms with van der Waals surface area (Å²) in [5.74, 6) is -0.538. The van der Waals surface area contributed by atoms with E-state index in [9.17, 15) is 21.6 Å². The number of anilines is 2. The summed E-state index contributed by atoms with van der Waals surface area (Å²) in [5, 5.41) is 2.74. The Balaban J connectivity index is 2.40. The molecular weight excluding hydrogens is 454 g/mol. The van der Waals surface area contributed by atoms with Gasteiger partial charge < -0.3 is 15.1 Å². The molecule has 1 aromatic rings. The van der Waals surface area contributed by atoms with Crippen LogP contribution in [0.1, 0.15) is 20.8 Å². The molecule has 0 saturated carbocycles. The first-order chi connectivity index (χ1) is 14.9. The highest BCUT2D eigenvalue weighted by molar-refractivity contribution is 7.89. The van der Waals surface area contributed by atoms with Crippen molar-refractivity contribution in [3.05, 3.63) is 18.2 Å². The number of nitrogens with zero attached hydrogens (tertiary/aromatic N) is 4. The molecule has 12 heteroatoms. The van der Waals surface area contributed by atoms with Crippen molar-refractivity contribution in [2.75, 3.05) is 75.9 Å². The molecule has 1 aliphatic rings. The first kappa shape index (κ1) is 26.5. The average Bonchev–Trinajstić information content (AvgIpc) is 2.73. The summed E-state index contributed by atoms with van der Waals surface area (Å²) in [7, 11) is -5.92. The van der Waals surface area contributed by atoms with E-state index in [1.165, 1.54) is 17.4 Å². The number of nitrogens with one attached hydrogen (secondary N) is 1. The van der Waals surface area contributed by atoms with Crippen LogP contribution in [0.5, 0.6) is 0 Å². The lowest BCUT2D eigenvalue weighted by atomic mass is 10.2. The van der Waals surface area contributed by atoms with Crippen LogP contribution in [0.3, 0.4) is 0 Å². The summed E-state index contributed by atoms with van der Waals surface area (Å²) < 4.78 is 51.7. The van der Waals surface area contributed by atoms with Crippen LogP contribution in [0.25, 0.3) is 0 Å². The molecule has 0 radical (unpaired) electrons. The van der Waals surface area contributed by atoms with Gasteiger partial charge in [0.2, 0.25) is 26.0 Å². The van der Waals surface area contributed by atoms with Crippen molar-refractivity contribution in [1.29, 1.82) is 0 Å². The molecule has 32 heavy (non-hydrogen) atoms. The van der Waals surface area contributed by atoms with E-state index in [1.54, 1.807) is 26.0 Å². The van der Waals surface area contributed by atoms with Gasteiger partial charge in [-0.3, -0.25) is 4.79 Å². The molecule has 1 aliphatic heterocycles. The Morgan fingerprint density at radius 1 is 1.03 bits per heavy atom. The van der Waals surface area contributed by atoms with E-state index in [2.05, 4.69) is 22.0 Å². The van der Waals surface area contributed by atoms with Gasteiger partial charge in [-0.1, -0.05) is 20.8 Å². The fourth-order valence-electron chi connectivity index (χ4n) is 3.58. The van der Waals surface area contributed by atoms with Crippen LogP contribution in [0.15, 0.2) is 23.1 Å². The predicted molar refractivity (Wildman–Crippen MR) is 127 cm³/mol. The Morgan fingerprint density at radius 3 is 2.12 bits per heavy atom. The minimum Gasteiger partial charge on any atom is -0.367 e. The molecule has 1 aromatic carbocycles. The summed E-state index contributed by atoms with van der Waals surface area (Å²) in [6.45, 7) is 10.1. The second kappa shape index (κ2) is 10.9. The number of benzene rings is 1. The van der Waals surface area contributed by atoms with Crippen LogP contribution in [0.2, 0.25) is 0 Å². The Morgan fingerprint density at radius 2 is 1.62 bits per heavy atom. The molecule has 0 aromatic heterocycles. The highest BCUT2D eigenvalue weighted by atomic mass is 32.2. The molecule has 2 rings (SSSR count). The Hall–Kier alpha value is -1.73. The van der Waals surface area contributed by atoms with E-state index < -0.39 is 26.0 Å². The molecule has 0 spiro atoms. The normalized spacial score (nSPS) is 16.0. The molecule has 1 saturated heterocycles. The predicted octanol–water partition coefficient (Wildman–Crippen LogP) is 0.689. The zero-order valence-corrected chi connectivity index (χ0v) is 21.2. The third-order valence-corrected chi connectivity index (χ3v) is 8.99. The number of carbonyl (C=O) groups is 1. The van der Waals surface area contributed by atoms with Crippen molar-refractivity contribution < 1.29 is 21.6 Å². The van der Waals surface area contributed by atoms with Gasteiger partial charge in [0.1, 0.15) is 0 Å². The Kier molecular flexibility index (Phi) is 9.06. The standard InChI is InChI=1S/C20H35N5O5S2/c1-6-23-11-13-24(14-12-23)19-10-9-17(32(29,30)25(7-2)8-3)15-18(19)21-20(26)16-22(4)31(5,27)28/h9-10,15H,6-8,11-14,16H2,1-5H3,(H,21,26). The lowest BCUT2D eigenvalue weighted by Gasteiger charge is -2.36. The maximum Gasteiger partial charge on any atom is 0.243 e. The monoisotopic (exact) mass is 489 g/mol. The van der Waals surface area contributed by atoms with Gasteiger partial charge in [0.25, 0.3) is 0 Å². The number of carbonyl (C=O) groups excluding carboxylic acids is 1. The number of hydrogen-bond acceptors (Lipinski definition) is 7. The molecule has 1 amide bonds. The van der Waals surface area contributed by atoms with Crippen molar-refractivity contribution in [1.82, 2.24) is 13.5 Å². The van der Waals surface area contributed by atoms with Gasteiger partial charge in [-0.2, -0.15) is 8.61 Å². The molecule has 1 heterocycles. The SMILES string of the molecule is CCN1CCN(c2ccc(S(=O)(=O)N(CC)CC)cc2NC(=O)CN(C)S(C)(=O)=O)CC1. The number of piperazine rings is 1. The van der Waals surface area contributed by atoms with Crippen molar-refractivity contribution in [2.24, 2.45) is 0 Å². The van der Waals surface area contributed by atoms with Crippen LogP contribution in [0.4, 0.5) is 11.4 Å². The first-order valence-corrected chi connectivity index (χ1v) is 14.1. The Labute approximate surface area is 192 Å². The molecule has 0 aliphatic carbocycles. The average molecular weight is 490 g/mol. The number of hydrogen-bond donors (Lipinski definition) is 1.